The van der Waals surface area contributed by atoms with Crippen molar-refractivity contribution in [2.75, 3.05) is 5.75 Å². The van der Waals surface area contributed by atoms with Crippen molar-refractivity contribution in [1.29, 1.82) is 0 Å². The zero-order valence-electron chi connectivity index (χ0n) is 4.57. The monoisotopic (exact) mass is 147 g/mol. The van der Waals surface area contributed by atoms with E-state index in [0.717, 1.165) is 0 Å². The lowest BCUT2D eigenvalue weighted by Crippen LogP contribution is -2.04. The van der Waals surface area contributed by atoms with E-state index >= 15 is 0 Å². The van der Waals surface area contributed by atoms with Gasteiger partial charge in [-0.2, -0.15) is 8.42 Å². The normalized spacial score (nSPS) is 22.4. The topological polar surface area (TPSA) is 55.7 Å². The Morgan fingerprint density at radius 1 is 1.78 bits per heavy atom. The Hall–Kier alpha value is -0.840. The molecule has 0 radical (unpaired) electrons. The molecule has 0 bridgehead atoms. The molecule has 0 saturated heterocycles. The zero-order valence-corrected chi connectivity index (χ0v) is 5.39. The summed E-state index contributed by atoms with van der Waals surface area (Å²) >= 11 is 0. The first kappa shape index (κ1) is 6.28. The number of allylic oxidation sites excluding steroid dienone is 1. The fourth-order valence-corrected chi connectivity index (χ4v) is 1.23. The van der Waals surface area contributed by atoms with Crippen LogP contribution in [0.2, 0.25) is 0 Å². The minimum Gasteiger partial charge on any atom is -0.268 e. The van der Waals surface area contributed by atoms with Gasteiger partial charge in [-0.1, -0.05) is 11.7 Å². The van der Waals surface area contributed by atoms with Crippen LogP contribution in [-0.4, -0.2) is 19.9 Å². The van der Waals surface area contributed by atoms with Crippen molar-refractivity contribution in [3.05, 3.63) is 12.7 Å². The Labute approximate surface area is 52.9 Å². The lowest BCUT2D eigenvalue weighted by atomic mass is 10.4. The third kappa shape index (κ3) is 1.29. The van der Waals surface area contributed by atoms with Gasteiger partial charge < -0.3 is 0 Å². The smallest absolute Gasteiger partial charge is 0.268 e. The maximum atomic E-state index is 10.4. The molecule has 0 aromatic carbocycles. The SMILES string of the molecule is C=CC1=NOS(=O)(=O)C1. The molecule has 0 fully saturated rings. The Balaban J connectivity index is 2.83. The number of rotatable bonds is 1. The average molecular weight is 147 g/mol. The van der Waals surface area contributed by atoms with Gasteiger partial charge >= 0.3 is 10.1 Å². The molecule has 0 amide bonds. The maximum Gasteiger partial charge on any atom is 0.334 e. The lowest BCUT2D eigenvalue weighted by molar-refractivity contribution is 0.353. The van der Waals surface area contributed by atoms with Crippen molar-refractivity contribution in [3.8, 4) is 0 Å². The van der Waals surface area contributed by atoms with Gasteiger partial charge in [0.15, 0.2) is 0 Å². The van der Waals surface area contributed by atoms with Gasteiger partial charge in [-0.25, -0.2) is 0 Å². The predicted molar refractivity (Wildman–Crippen MR) is 32.5 cm³/mol. The zero-order chi connectivity index (χ0) is 6.91. The minimum atomic E-state index is -3.38. The van der Waals surface area contributed by atoms with Gasteiger partial charge in [0.2, 0.25) is 0 Å². The van der Waals surface area contributed by atoms with Crippen LogP contribution >= 0.6 is 0 Å². The Morgan fingerprint density at radius 3 is 2.67 bits per heavy atom. The fraction of sp³-hybridized carbons (Fsp3) is 0.250. The molecule has 0 unspecified atom stereocenters. The molecule has 0 aliphatic carbocycles. The Morgan fingerprint density at radius 2 is 2.44 bits per heavy atom. The first-order valence-corrected chi connectivity index (χ1v) is 3.82. The highest BCUT2D eigenvalue weighted by Crippen LogP contribution is 2.04. The third-order valence-electron chi connectivity index (χ3n) is 0.828. The molecule has 1 heterocycles. The van der Waals surface area contributed by atoms with Crippen molar-refractivity contribution in [2.24, 2.45) is 5.16 Å². The van der Waals surface area contributed by atoms with Gasteiger partial charge in [-0.15, -0.1) is 0 Å². The van der Waals surface area contributed by atoms with E-state index in [1.54, 1.807) is 0 Å². The molecule has 0 saturated carbocycles. The molecule has 0 aromatic rings. The highest BCUT2D eigenvalue weighted by Gasteiger charge is 2.21. The predicted octanol–water partition coefficient (Wildman–Crippen LogP) is -0.112. The Kier molecular flexibility index (Phi) is 1.28. The quantitative estimate of drug-likeness (QED) is 0.520. The number of hydrogen-bond acceptors (Lipinski definition) is 4. The van der Waals surface area contributed by atoms with Crippen LogP contribution in [0, 0.1) is 0 Å². The number of oxime groups is 1. The lowest BCUT2D eigenvalue weighted by Gasteiger charge is -1.83. The van der Waals surface area contributed by atoms with Crippen molar-refractivity contribution in [1.82, 2.24) is 0 Å². The van der Waals surface area contributed by atoms with Crippen LogP contribution in [0.5, 0.6) is 0 Å². The summed E-state index contributed by atoms with van der Waals surface area (Å²) in [6.45, 7) is 3.33. The summed E-state index contributed by atoms with van der Waals surface area (Å²) in [6.07, 6.45) is 1.35. The largest absolute Gasteiger partial charge is 0.334 e. The molecule has 9 heavy (non-hydrogen) atoms. The second-order valence-electron chi connectivity index (χ2n) is 1.56. The van der Waals surface area contributed by atoms with Crippen LogP contribution in [0.25, 0.3) is 0 Å². The van der Waals surface area contributed by atoms with Crippen LogP contribution in [0.1, 0.15) is 0 Å². The van der Waals surface area contributed by atoms with E-state index in [2.05, 4.69) is 16.0 Å². The number of nitrogens with zero attached hydrogens (tertiary/aromatic N) is 1. The van der Waals surface area contributed by atoms with Crippen molar-refractivity contribution in [3.63, 3.8) is 0 Å². The fourth-order valence-electron chi connectivity index (χ4n) is 0.435. The first-order valence-electron chi connectivity index (χ1n) is 2.25. The van der Waals surface area contributed by atoms with E-state index in [1.807, 2.05) is 0 Å². The number of hydrogen-bond donors (Lipinski definition) is 0. The summed E-state index contributed by atoms with van der Waals surface area (Å²) in [4.78, 5) is 0. The molecule has 1 aliphatic heterocycles. The first-order chi connectivity index (χ1) is 4.14. The van der Waals surface area contributed by atoms with Gasteiger partial charge in [0.1, 0.15) is 5.75 Å². The van der Waals surface area contributed by atoms with Crippen LogP contribution in [0.3, 0.4) is 0 Å². The van der Waals surface area contributed by atoms with Gasteiger partial charge in [0.05, 0.1) is 5.71 Å². The summed E-state index contributed by atoms with van der Waals surface area (Å²) in [7, 11) is -3.38. The summed E-state index contributed by atoms with van der Waals surface area (Å²) in [5, 5.41) is 3.22. The molecular formula is C4H5NO3S. The summed E-state index contributed by atoms with van der Waals surface area (Å²) in [5.41, 5.74) is 0.356. The molecule has 50 valence electrons. The van der Waals surface area contributed by atoms with E-state index in [1.165, 1.54) is 6.08 Å². The average Bonchev–Trinajstić information content (AvgIpc) is 2.10. The van der Waals surface area contributed by atoms with Crippen molar-refractivity contribution >= 4 is 15.8 Å². The summed E-state index contributed by atoms with van der Waals surface area (Å²) in [5.74, 6) is -0.156. The van der Waals surface area contributed by atoms with E-state index in [-0.39, 0.29) is 5.75 Å². The molecule has 1 rings (SSSR count). The highest BCUT2D eigenvalue weighted by atomic mass is 32.2. The summed E-state index contributed by atoms with van der Waals surface area (Å²) < 4.78 is 24.9. The van der Waals surface area contributed by atoms with E-state index in [0.29, 0.717) is 5.71 Å². The Bertz CT molecular complexity index is 251. The molecule has 0 aromatic heterocycles. The molecule has 0 atom stereocenters. The molecule has 5 heteroatoms. The molecule has 0 spiro atoms. The van der Waals surface area contributed by atoms with E-state index in [4.69, 9.17) is 0 Å². The van der Waals surface area contributed by atoms with Crippen molar-refractivity contribution in [2.45, 2.75) is 0 Å². The molecule has 0 N–H and O–H groups in total. The second-order valence-corrected chi connectivity index (χ2v) is 3.12. The summed E-state index contributed by atoms with van der Waals surface area (Å²) in [6, 6.07) is 0. The molecule has 4 nitrogen and oxygen atoms in total. The second kappa shape index (κ2) is 1.84. The standard InChI is InChI=1S/C4H5NO3S/c1-2-4-3-9(6,7)8-5-4/h2H,1,3H2. The molecule has 1 aliphatic rings. The molecular weight excluding hydrogens is 142 g/mol. The van der Waals surface area contributed by atoms with Crippen LogP contribution in [0.15, 0.2) is 17.8 Å². The van der Waals surface area contributed by atoms with Crippen LogP contribution in [-0.2, 0) is 14.4 Å². The van der Waals surface area contributed by atoms with Gasteiger partial charge in [0.25, 0.3) is 0 Å². The minimum absolute atomic E-state index is 0.156. The van der Waals surface area contributed by atoms with Crippen LogP contribution < -0.4 is 0 Å². The maximum absolute atomic E-state index is 10.4. The van der Waals surface area contributed by atoms with E-state index in [9.17, 15) is 8.42 Å². The third-order valence-corrected chi connectivity index (χ3v) is 1.78. The van der Waals surface area contributed by atoms with Crippen LogP contribution in [0.4, 0.5) is 0 Å². The highest BCUT2D eigenvalue weighted by molar-refractivity contribution is 7.87. The van der Waals surface area contributed by atoms with Gasteiger partial charge in [-0.05, 0) is 6.08 Å². The van der Waals surface area contributed by atoms with Crippen molar-refractivity contribution < 1.29 is 12.7 Å². The van der Waals surface area contributed by atoms with Gasteiger partial charge in [0, 0.05) is 0 Å². The van der Waals surface area contributed by atoms with E-state index < -0.39 is 10.1 Å². The van der Waals surface area contributed by atoms with Gasteiger partial charge in [-0.3, -0.25) is 4.28 Å².